The zero-order valence-corrected chi connectivity index (χ0v) is 15.1. The minimum Gasteiger partial charge on any atom is -0.298 e. The van der Waals surface area contributed by atoms with E-state index in [1.165, 1.54) is 34.2 Å². The van der Waals surface area contributed by atoms with Crippen LogP contribution in [0.15, 0.2) is 35.8 Å². The fourth-order valence-corrected chi connectivity index (χ4v) is 3.19. The van der Waals surface area contributed by atoms with Crippen LogP contribution in [-0.2, 0) is 0 Å². The summed E-state index contributed by atoms with van der Waals surface area (Å²) in [6.45, 7) is 6.25. The van der Waals surface area contributed by atoms with Crippen LogP contribution >= 0.6 is 22.9 Å². The summed E-state index contributed by atoms with van der Waals surface area (Å²) >= 11 is 7.13. The lowest BCUT2D eigenvalue weighted by Crippen LogP contribution is -2.11. The van der Waals surface area contributed by atoms with Crippen molar-refractivity contribution in [1.29, 1.82) is 0 Å². The number of nitrogens with one attached hydrogen (secondary N) is 1. The van der Waals surface area contributed by atoms with Crippen molar-refractivity contribution in [2.24, 2.45) is 0 Å². The van der Waals surface area contributed by atoms with Crippen molar-refractivity contribution in [3.05, 3.63) is 63.2 Å². The topological polar surface area (TPSA) is 54.9 Å². The molecule has 0 atom stereocenters. The molecule has 2 aromatic heterocycles. The van der Waals surface area contributed by atoms with Gasteiger partial charge in [-0.25, -0.2) is 9.97 Å². The smallest absolute Gasteiger partial charge is 0.259 e. The molecule has 122 valence electrons. The molecule has 1 aromatic carbocycles. The lowest BCUT2D eigenvalue weighted by atomic mass is 9.99. The molecule has 4 nitrogen and oxygen atoms in total. The van der Waals surface area contributed by atoms with Crippen LogP contribution in [0.2, 0.25) is 5.15 Å². The summed E-state index contributed by atoms with van der Waals surface area (Å²) in [6, 6.07) is 7.50. The van der Waals surface area contributed by atoms with Crippen LogP contribution < -0.4 is 5.32 Å². The molecule has 0 aliphatic rings. The van der Waals surface area contributed by atoms with Crippen LogP contribution in [0.3, 0.4) is 0 Å². The molecule has 2 heterocycles. The van der Waals surface area contributed by atoms with E-state index in [9.17, 15) is 4.79 Å². The Hall–Kier alpha value is -2.24. The number of hydrogen-bond donors (Lipinski definition) is 1. The summed E-state index contributed by atoms with van der Waals surface area (Å²) in [7, 11) is 0. The zero-order valence-electron chi connectivity index (χ0n) is 13.6. The fourth-order valence-electron chi connectivity index (χ4n) is 2.37. The van der Waals surface area contributed by atoms with Crippen LogP contribution in [0.25, 0.3) is 11.3 Å². The van der Waals surface area contributed by atoms with Gasteiger partial charge in [0.05, 0.1) is 11.3 Å². The van der Waals surface area contributed by atoms with Gasteiger partial charge in [0.25, 0.3) is 5.91 Å². The summed E-state index contributed by atoms with van der Waals surface area (Å²) in [4.78, 5) is 20.7. The molecule has 3 aromatic rings. The highest BCUT2D eigenvalue weighted by Crippen LogP contribution is 2.29. The van der Waals surface area contributed by atoms with Gasteiger partial charge in [0.15, 0.2) is 5.13 Å². The first-order valence-electron chi connectivity index (χ1n) is 7.40. The van der Waals surface area contributed by atoms with E-state index in [0.717, 1.165) is 11.3 Å². The number of carbonyl (C=O) groups is 1. The third kappa shape index (κ3) is 3.47. The number of anilines is 1. The number of aromatic nitrogens is 2. The van der Waals surface area contributed by atoms with Crippen molar-refractivity contribution in [3.8, 4) is 11.3 Å². The van der Waals surface area contributed by atoms with Gasteiger partial charge in [-0.3, -0.25) is 10.1 Å². The monoisotopic (exact) mass is 357 g/mol. The van der Waals surface area contributed by atoms with Crippen molar-refractivity contribution in [3.63, 3.8) is 0 Å². The molecule has 0 aliphatic carbocycles. The standard InChI is InChI=1S/C18H16ClN3OS/c1-10-6-12(3)14(7-11(10)2)15-9-24-18(21-15)22-17(23)13-4-5-16(19)20-8-13/h4-9H,1-3H3,(H,21,22,23). The molecule has 6 heteroatoms. The van der Waals surface area contributed by atoms with Crippen molar-refractivity contribution >= 4 is 34.0 Å². The number of amides is 1. The first kappa shape index (κ1) is 16.6. The van der Waals surface area contributed by atoms with Crippen LogP contribution in [0.1, 0.15) is 27.0 Å². The van der Waals surface area contributed by atoms with Gasteiger partial charge in [0, 0.05) is 17.1 Å². The van der Waals surface area contributed by atoms with E-state index < -0.39 is 0 Å². The summed E-state index contributed by atoms with van der Waals surface area (Å²) in [5, 5.41) is 5.66. The molecular weight excluding hydrogens is 342 g/mol. The third-order valence-electron chi connectivity index (χ3n) is 3.83. The summed E-state index contributed by atoms with van der Waals surface area (Å²) in [5.41, 5.74) is 6.05. The Morgan fingerprint density at radius 2 is 1.88 bits per heavy atom. The Labute approximate surface area is 149 Å². The van der Waals surface area contributed by atoms with Gasteiger partial charge in [-0.1, -0.05) is 17.7 Å². The van der Waals surface area contributed by atoms with Gasteiger partial charge in [0.1, 0.15) is 5.15 Å². The summed E-state index contributed by atoms with van der Waals surface area (Å²) in [6.07, 6.45) is 1.44. The van der Waals surface area contributed by atoms with E-state index in [-0.39, 0.29) is 5.91 Å². The second kappa shape index (κ2) is 6.71. The highest BCUT2D eigenvalue weighted by atomic mass is 35.5. The second-order valence-corrected chi connectivity index (χ2v) is 6.86. The number of hydrogen-bond acceptors (Lipinski definition) is 4. The highest BCUT2D eigenvalue weighted by Gasteiger charge is 2.12. The van der Waals surface area contributed by atoms with E-state index >= 15 is 0 Å². The highest BCUT2D eigenvalue weighted by molar-refractivity contribution is 7.14. The van der Waals surface area contributed by atoms with Gasteiger partial charge < -0.3 is 0 Å². The zero-order chi connectivity index (χ0) is 17.3. The Morgan fingerprint density at radius 1 is 1.12 bits per heavy atom. The summed E-state index contributed by atoms with van der Waals surface area (Å²) in [5.74, 6) is -0.253. The predicted octanol–water partition coefficient (Wildman–Crippen LogP) is 5.04. The maximum atomic E-state index is 12.2. The number of thiazole rings is 1. The van der Waals surface area contributed by atoms with Crippen LogP contribution in [0.4, 0.5) is 5.13 Å². The van der Waals surface area contributed by atoms with Crippen molar-refractivity contribution in [2.75, 3.05) is 5.32 Å². The molecule has 0 radical (unpaired) electrons. The maximum absolute atomic E-state index is 12.2. The molecule has 0 unspecified atom stereocenters. The number of halogens is 1. The van der Waals surface area contributed by atoms with E-state index in [0.29, 0.717) is 15.8 Å². The molecule has 0 saturated carbocycles. The lowest BCUT2D eigenvalue weighted by Gasteiger charge is -2.07. The molecule has 0 aliphatic heterocycles. The molecule has 24 heavy (non-hydrogen) atoms. The largest absolute Gasteiger partial charge is 0.298 e. The third-order valence-corrected chi connectivity index (χ3v) is 4.81. The number of rotatable bonds is 3. The van der Waals surface area contributed by atoms with Gasteiger partial charge in [-0.2, -0.15) is 0 Å². The molecule has 0 spiro atoms. The molecule has 3 rings (SSSR count). The summed E-state index contributed by atoms with van der Waals surface area (Å²) < 4.78 is 0. The van der Waals surface area contributed by atoms with E-state index in [1.807, 2.05) is 5.38 Å². The quantitative estimate of drug-likeness (QED) is 0.668. The number of carbonyl (C=O) groups excluding carboxylic acids is 1. The SMILES string of the molecule is Cc1cc(C)c(-c2csc(NC(=O)c3ccc(Cl)nc3)n2)cc1C. The van der Waals surface area contributed by atoms with Crippen molar-refractivity contribution in [1.82, 2.24) is 9.97 Å². The van der Waals surface area contributed by atoms with Gasteiger partial charge in [-0.05, 0) is 55.7 Å². The number of nitrogens with zero attached hydrogens (tertiary/aromatic N) is 2. The lowest BCUT2D eigenvalue weighted by molar-refractivity contribution is 0.102. The minimum atomic E-state index is -0.253. The Kier molecular flexibility index (Phi) is 4.64. The van der Waals surface area contributed by atoms with E-state index in [4.69, 9.17) is 11.6 Å². The molecule has 0 bridgehead atoms. The Bertz CT molecular complexity index is 903. The molecule has 1 N–H and O–H groups in total. The number of benzene rings is 1. The molecule has 0 saturated heterocycles. The van der Waals surface area contributed by atoms with Gasteiger partial charge >= 0.3 is 0 Å². The predicted molar refractivity (Wildman–Crippen MR) is 99.0 cm³/mol. The van der Waals surface area contributed by atoms with Crippen LogP contribution in [0.5, 0.6) is 0 Å². The first-order chi connectivity index (χ1) is 11.4. The Morgan fingerprint density at radius 3 is 2.58 bits per heavy atom. The van der Waals surface area contributed by atoms with E-state index in [1.54, 1.807) is 12.1 Å². The molecular formula is C18H16ClN3OS. The van der Waals surface area contributed by atoms with Crippen molar-refractivity contribution < 1.29 is 4.79 Å². The normalized spacial score (nSPS) is 10.7. The molecule has 0 fully saturated rings. The number of pyridine rings is 1. The Balaban J connectivity index is 1.82. The molecule has 1 amide bonds. The van der Waals surface area contributed by atoms with E-state index in [2.05, 4.69) is 48.2 Å². The van der Waals surface area contributed by atoms with Crippen molar-refractivity contribution in [2.45, 2.75) is 20.8 Å². The van der Waals surface area contributed by atoms with Gasteiger partial charge in [-0.15, -0.1) is 11.3 Å². The minimum absolute atomic E-state index is 0.253. The number of aryl methyl sites for hydroxylation is 3. The first-order valence-corrected chi connectivity index (χ1v) is 8.66. The average Bonchev–Trinajstić information content (AvgIpc) is 2.99. The fraction of sp³-hybridized carbons (Fsp3) is 0.167. The average molecular weight is 358 g/mol. The maximum Gasteiger partial charge on any atom is 0.259 e. The van der Waals surface area contributed by atoms with Crippen LogP contribution in [-0.4, -0.2) is 15.9 Å². The second-order valence-electron chi connectivity index (χ2n) is 5.61. The van der Waals surface area contributed by atoms with Gasteiger partial charge in [0.2, 0.25) is 0 Å². The van der Waals surface area contributed by atoms with Crippen LogP contribution in [0, 0.1) is 20.8 Å².